The number of halogens is 5. The average molecular weight is 477 g/mol. The summed E-state index contributed by atoms with van der Waals surface area (Å²) in [5.74, 6) is -11.2. The molecule has 1 aromatic carbocycles. The molecule has 0 saturated carbocycles. The zero-order valence-corrected chi connectivity index (χ0v) is 19.0. The van der Waals surface area contributed by atoms with E-state index in [4.69, 9.17) is 0 Å². The number of aliphatic hydroxyl groups excluding tert-OH is 1. The standard InChI is InChI=1S/C25H33F5O3/c1-2-3-4-5-6-8-11-14-18(31)15-12-9-7-10-13-16-20(32)33-17-19-21(26)23(28)25(30)24(29)22(19)27/h6,8,11,14,18,31H,2-5,7,9-10,12-13,15-17H2,1H3/b8-6+,14-11+. The maximum atomic E-state index is 13.5. The van der Waals surface area contributed by atoms with E-state index in [1.165, 1.54) is 19.3 Å². The smallest absolute Gasteiger partial charge is 0.306 e. The van der Waals surface area contributed by atoms with Crippen molar-refractivity contribution in [3.63, 3.8) is 0 Å². The fourth-order valence-electron chi connectivity index (χ4n) is 3.13. The molecule has 8 heteroatoms. The lowest BCUT2D eigenvalue weighted by atomic mass is 10.1. The van der Waals surface area contributed by atoms with Gasteiger partial charge in [-0.2, -0.15) is 0 Å². The summed E-state index contributed by atoms with van der Waals surface area (Å²) in [6, 6.07) is 0. The maximum Gasteiger partial charge on any atom is 0.306 e. The second-order valence-electron chi connectivity index (χ2n) is 7.89. The molecule has 186 valence electrons. The van der Waals surface area contributed by atoms with Crippen molar-refractivity contribution in [1.82, 2.24) is 0 Å². The van der Waals surface area contributed by atoms with Gasteiger partial charge in [0.15, 0.2) is 23.3 Å². The topological polar surface area (TPSA) is 46.5 Å². The Bertz CT molecular complexity index is 764. The van der Waals surface area contributed by atoms with Crippen molar-refractivity contribution in [3.8, 4) is 0 Å². The van der Waals surface area contributed by atoms with E-state index in [0.717, 1.165) is 25.7 Å². The molecule has 0 amide bonds. The lowest BCUT2D eigenvalue weighted by Crippen LogP contribution is -2.11. The summed E-state index contributed by atoms with van der Waals surface area (Å²) in [6.45, 7) is 1.14. The minimum absolute atomic E-state index is 0.0225. The number of hydrogen-bond donors (Lipinski definition) is 1. The van der Waals surface area contributed by atoms with Gasteiger partial charge in [0.1, 0.15) is 6.61 Å². The van der Waals surface area contributed by atoms with E-state index in [1.807, 2.05) is 12.2 Å². The molecule has 0 heterocycles. The van der Waals surface area contributed by atoms with E-state index < -0.39 is 53.3 Å². The van der Waals surface area contributed by atoms with Crippen LogP contribution >= 0.6 is 0 Å². The molecule has 1 N–H and O–H groups in total. The van der Waals surface area contributed by atoms with E-state index in [2.05, 4.69) is 17.7 Å². The first-order valence-corrected chi connectivity index (χ1v) is 11.5. The molecule has 0 saturated heterocycles. The van der Waals surface area contributed by atoms with Gasteiger partial charge in [-0.15, -0.1) is 0 Å². The zero-order chi connectivity index (χ0) is 24.6. The summed E-state index contributed by atoms with van der Waals surface area (Å²) < 4.78 is 71.0. The second kappa shape index (κ2) is 16.4. The number of benzene rings is 1. The van der Waals surface area contributed by atoms with Gasteiger partial charge in [0, 0.05) is 6.42 Å². The Morgan fingerprint density at radius 3 is 2.12 bits per heavy atom. The third kappa shape index (κ3) is 11.0. The zero-order valence-electron chi connectivity index (χ0n) is 19.0. The Hall–Kier alpha value is -2.22. The summed E-state index contributed by atoms with van der Waals surface area (Å²) in [6.07, 6.45) is 16.1. The first-order valence-electron chi connectivity index (χ1n) is 11.5. The predicted molar refractivity (Wildman–Crippen MR) is 117 cm³/mol. The van der Waals surface area contributed by atoms with E-state index in [9.17, 15) is 31.9 Å². The molecule has 0 aliphatic rings. The highest BCUT2D eigenvalue weighted by Gasteiger charge is 2.26. The molecular weight excluding hydrogens is 443 g/mol. The van der Waals surface area contributed by atoms with Crippen LogP contribution in [0.1, 0.15) is 83.1 Å². The molecule has 1 unspecified atom stereocenters. The van der Waals surface area contributed by atoms with Crippen molar-refractivity contribution >= 4 is 5.97 Å². The second-order valence-corrected chi connectivity index (χ2v) is 7.89. The fraction of sp³-hybridized carbons (Fsp3) is 0.560. The minimum Gasteiger partial charge on any atom is -0.461 e. The Morgan fingerprint density at radius 2 is 1.45 bits per heavy atom. The van der Waals surface area contributed by atoms with Crippen molar-refractivity contribution < 1.29 is 36.6 Å². The van der Waals surface area contributed by atoms with Crippen LogP contribution in [0.2, 0.25) is 0 Å². The van der Waals surface area contributed by atoms with Crippen LogP contribution in [-0.4, -0.2) is 17.2 Å². The first kappa shape index (κ1) is 28.8. The lowest BCUT2D eigenvalue weighted by Gasteiger charge is -2.09. The van der Waals surface area contributed by atoms with Crippen LogP contribution in [0.5, 0.6) is 0 Å². The predicted octanol–water partition coefficient (Wildman–Crippen LogP) is 7.21. The van der Waals surface area contributed by atoms with Gasteiger partial charge in [-0.3, -0.25) is 4.79 Å². The van der Waals surface area contributed by atoms with Crippen LogP contribution < -0.4 is 0 Å². The highest BCUT2D eigenvalue weighted by molar-refractivity contribution is 5.69. The minimum atomic E-state index is -2.25. The van der Waals surface area contributed by atoms with Gasteiger partial charge in [0.25, 0.3) is 0 Å². The van der Waals surface area contributed by atoms with Crippen LogP contribution in [0, 0.1) is 29.1 Å². The summed E-state index contributed by atoms with van der Waals surface area (Å²) in [5, 5.41) is 9.90. The number of rotatable bonds is 16. The van der Waals surface area contributed by atoms with Gasteiger partial charge in [0.2, 0.25) is 5.82 Å². The first-order chi connectivity index (χ1) is 15.8. The van der Waals surface area contributed by atoms with Gasteiger partial charge in [-0.25, -0.2) is 22.0 Å². The molecule has 1 atom stereocenters. The molecule has 0 aromatic heterocycles. The molecule has 0 aliphatic carbocycles. The number of esters is 1. The number of ether oxygens (including phenoxy) is 1. The molecule has 0 aliphatic heterocycles. The number of unbranched alkanes of at least 4 members (excludes halogenated alkanes) is 7. The van der Waals surface area contributed by atoms with Crippen molar-refractivity contribution in [3.05, 3.63) is 59.0 Å². The summed E-state index contributed by atoms with van der Waals surface area (Å²) in [4.78, 5) is 11.7. The van der Waals surface area contributed by atoms with Crippen LogP contribution in [0.4, 0.5) is 22.0 Å². The Balaban J connectivity index is 2.15. The third-order valence-electron chi connectivity index (χ3n) is 5.11. The number of hydrogen-bond acceptors (Lipinski definition) is 3. The molecule has 0 radical (unpaired) electrons. The molecule has 0 spiro atoms. The van der Waals surface area contributed by atoms with Crippen molar-refractivity contribution in [2.75, 3.05) is 0 Å². The maximum absolute atomic E-state index is 13.5. The number of aliphatic hydroxyl groups is 1. The molecule has 0 bridgehead atoms. The molecule has 33 heavy (non-hydrogen) atoms. The normalized spacial score (nSPS) is 12.7. The summed E-state index contributed by atoms with van der Waals surface area (Å²) >= 11 is 0. The van der Waals surface area contributed by atoms with E-state index in [0.29, 0.717) is 19.3 Å². The van der Waals surface area contributed by atoms with Gasteiger partial charge in [-0.05, 0) is 25.7 Å². The van der Waals surface area contributed by atoms with E-state index in [-0.39, 0.29) is 6.42 Å². The Morgan fingerprint density at radius 1 is 0.848 bits per heavy atom. The molecule has 1 rings (SSSR count). The van der Waals surface area contributed by atoms with Crippen molar-refractivity contribution in [2.24, 2.45) is 0 Å². The van der Waals surface area contributed by atoms with Crippen molar-refractivity contribution in [1.29, 1.82) is 0 Å². The van der Waals surface area contributed by atoms with Gasteiger partial charge in [0.05, 0.1) is 11.7 Å². The molecular formula is C25H33F5O3. The van der Waals surface area contributed by atoms with Gasteiger partial charge < -0.3 is 9.84 Å². The number of carbonyl (C=O) groups is 1. The SMILES string of the molecule is CCCCC/C=C/C=C/C(O)CCCCCCCC(=O)OCc1c(F)c(F)c(F)c(F)c1F. The lowest BCUT2D eigenvalue weighted by molar-refractivity contribution is -0.145. The molecule has 1 aromatic rings. The summed E-state index contributed by atoms with van der Waals surface area (Å²) in [5.41, 5.74) is -1.17. The van der Waals surface area contributed by atoms with Crippen LogP contribution in [0.25, 0.3) is 0 Å². The summed E-state index contributed by atoms with van der Waals surface area (Å²) in [7, 11) is 0. The van der Waals surface area contributed by atoms with Gasteiger partial charge in [-0.1, -0.05) is 69.8 Å². The van der Waals surface area contributed by atoms with E-state index in [1.54, 1.807) is 6.08 Å². The monoisotopic (exact) mass is 476 g/mol. The third-order valence-corrected chi connectivity index (χ3v) is 5.11. The van der Waals surface area contributed by atoms with Gasteiger partial charge >= 0.3 is 5.97 Å². The van der Waals surface area contributed by atoms with Crippen LogP contribution in [0.3, 0.4) is 0 Å². The fourth-order valence-corrected chi connectivity index (χ4v) is 3.13. The highest BCUT2D eigenvalue weighted by atomic mass is 19.2. The average Bonchev–Trinajstić information content (AvgIpc) is 2.80. The van der Waals surface area contributed by atoms with E-state index >= 15 is 0 Å². The van der Waals surface area contributed by atoms with Crippen LogP contribution in [-0.2, 0) is 16.1 Å². The highest BCUT2D eigenvalue weighted by Crippen LogP contribution is 2.23. The quantitative estimate of drug-likeness (QED) is 0.0685. The Kier molecular flexibility index (Phi) is 14.3. The van der Waals surface area contributed by atoms with Crippen LogP contribution in [0.15, 0.2) is 24.3 Å². The largest absolute Gasteiger partial charge is 0.461 e. The van der Waals surface area contributed by atoms with Crippen molar-refractivity contribution in [2.45, 2.75) is 90.3 Å². The number of allylic oxidation sites excluding steroid dienone is 3. The Labute approximate surface area is 192 Å². The molecule has 3 nitrogen and oxygen atoms in total. The number of carbonyl (C=O) groups excluding carboxylic acids is 1. The molecule has 0 fully saturated rings.